The molecular formula is C14H23N3O2S. The molecule has 0 aliphatic carbocycles. The minimum Gasteiger partial charge on any atom is -0.330 e. The van der Waals surface area contributed by atoms with Gasteiger partial charge in [0.15, 0.2) is 0 Å². The highest BCUT2D eigenvalue weighted by Crippen LogP contribution is 2.20. The molecule has 6 heteroatoms. The maximum absolute atomic E-state index is 12.3. The zero-order valence-electron chi connectivity index (χ0n) is 11.8. The summed E-state index contributed by atoms with van der Waals surface area (Å²) in [5.74, 6) is 0.452. The van der Waals surface area contributed by atoms with Crippen LogP contribution >= 0.6 is 0 Å². The number of rotatable bonds is 5. The molecule has 1 aliphatic rings. The molecule has 2 rings (SSSR count). The van der Waals surface area contributed by atoms with Gasteiger partial charge in [-0.1, -0.05) is 30.3 Å². The number of benzene rings is 1. The maximum atomic E-state index is 12.3. The first-order chi connectivity index (χ1) is 9.53. The van der Waals surface area contributed by atoms with Crippen molar-refractivity contribution < 1.29 is 8.42 Å². The van der Waals surface area contributed by atoms with Crippen molar-refractivity contribution in [2.24, 2.45) is 11.7 Å². The summed E-state index contributed by atoms with van der Waals surface area (Å²) in [6.45, 7) is 3.61. The molecule has 1 unspecified atom stereocenters. The molecular weight excluding hydrogens is 274 g/mol. The Balaban J connectivity index is 1.98. The lowest BCUT2D eigenvalue weighted by Crippen LogP contribution is -2.46. The molecule has 0 radical (unpaired) electrons. The van der Waals surface area contributed by atoms with Crippen molar-refractivity contribution in [3.63, 3.8) is 0 Å². The van der Waals surface area contributed by atoms with Gasteiger partial charge >= 0.3 is 0 Å². The lowest BCUT2D eigenvalue weighted by atomic mass is 9.99. The summed E-state index contributed by atoms with van der Waals surface area (Å²) in [6, 6.07) is 9.36. The molecule has 1 saturated heterocycles. The molecule has 20 heavy (non-hydrogen) atoms. The predicted octanol–water partition coefficient (Wildman–Crippen LogP) is 1.25. The monoisotopic (exact) mass is 297 g/mol. The van der Waals surface area contributed by atoms with Gasteiger partial charge in [-0.2, -0.15) is 17.4 Å². The van der Waals surface area contributed by atoms with E-state index in [-0.39, 0.29) is 6.04 Å². The summed E-state index contributed by atoms with van der Waals surface area (Å²) >= 11 is 0. The fraction of sp³-hybridized carbons (Fsp3) is 0.571. The maximum Gasteiger partial charge on any atom is 0.279 e. The van der Waals surface area contributed by atoms with Crippen LogP contribution in [-0.2, 0) is 10.2 Å². The van der Waals surface area contributed by atoms with Crippen molar-refractivity contribution in [3.05, 3.63) is 35.9 Å². The van der Waals surface area contributed by atoms with Crippen molar-refractivity contribution in [2.75, 3.05) is 19.6 Å². The van der Waals surface area contributed by atoms with E-state index in [9.17, 15) is 8.42 Å². The molecule has 112 valence electrons. The van der Waals surface area contributed by atoms with Crippen LogP contribution < -0.4 is 10.5 Å². The predicted molar refractivity (Wildman–Crippen MR) is 80.3 cm³/mol. The summed E-state index contributed by atoms with van der Waals surface area (Å²) in [7, 11) is -3.42. The van der Waals surface area contributed by atoms with Crippen molar-refractivity contribution in [3.8, 4) is 0 Å². The van der Waals surface area contributed by atoms with E-state index in [1.165, 1.54) is 4.31 Å². The van der Waals surface area contributed by atoms with Gasteiger partial charge in [0.1, 0.15) is 0 Å². The Hall–Kier alpha value is -0.950. The van der Waals surface area contributed by atoms with Crippen LogP contribution in [0, 0.1) is 5.92 Å². The Morgan fingerprint density at radius 1 is 1.30 bits per heavy atom. The normalized spacial score (nSPS) is 19.9. The van der Waals surface area contributed by atoms with Gasteiger partial charge in [-0.15, -0.1) is 0 Å². The van der Waals surface area contributed by atoms with Gasteiger partial charge in [-0.05, 0) is 37.8 Å². The van der Waals surface area contributed by atoms with Crippen LogP contribution in [0.4, 0.5) is 0 Å². The number of hydrogen-bond donors (Lipinski definition) is 2. The third-order valence-electron chi connectivity index (χ3n) is 3.87. The average Bonchev–Trinajstić information content (AvgIpc) is 2.48. The molecule has 0 aromatic heterocycles. The van der Waals surface area contributed by atoms with E-state index < -0.39 is 10.2 Å². The average molecular weight is 297 g/mol. The van der Waals surface area contributed by atoms with Gasteiger partial charge in [-0.3, -0.25) is 0 Å². The standard InChI is InChI=1S/C14H23N3O2S/c1-12(14-5-3-2-4-6-14)16-20(18,19)17-9-7-13(11-15)8-10-17/h2-6,12-13,16H,7-11,15H2,1H3. The van der Waals surface area contributed by atoms with Crippen LogP contribution in [0.5, 0.6) is 0 Å². The Bertz CT molecular complexity index is 510. The van der Waals surface area contributed by atoms with Gasteiger partial charge < -0.3 is 5.73 Å². The van der Waals surface area contributed by atoms with Gasteiger partial charge in [-0.25, -0.2) is 0 Å². The lowest BCUT2D eigenvalue weighted by Gasteiger charge is -2.31. The highest BCUT2D eigenvalue weighted by Gasteiger charge is 2.28. The molecule has 1 atom stereocenters. The second-order valence-corrected chi connectivity index (χ2v) is 7.04. The smallest absolute Gasteiger partial charge is 0.279 e. The lowest BCUT2D eigenvalue weighted by molar-refractivity contribution is 0.274. The third kappa shape index (κ3) is 3.79. The minimum absolute atomic E-state index is 0.228. The van der Waals surface area contributed by atoms with Crippen LogP contribution in [0.1, 0.15) is 31.4 Å². The van der Waals surface area contributed by atoms with Gasteiger partial charge in [0.2, 0.25) is 0 Å². The Morgan fingerprint density at radius 3 is 2.45 bits per heavy atom. The third-order valence-corrected chi connectivity index (χ3v) is 5.57. The van der Waals surface area contributed by atoms with Crippen molar-refractivity contribution in [2.45, 2.75) is 25.8 Å². The van der Waals surface area contributed by atoms with Gasteiger partial charge in [0.05, 0.1) is 0 Å². The molecule has 0 spiro atoms. The Labute approximate surface area is 121 Å². The largest absolute Gasteiger partial charge is 0.330 e. The fourth-order valence-corrected chi connectivity index (χ4v) is 3.92. The summed E-state index contributed by atoms with van der Waals surface area (Å²) in [5.41, 5.74) is 6.60. The number of nitrogens with zero attached hydrogens (tertiary/aromatic N) is 1. The van der Waals surface area contributed by atoms with Gasteiger partial charge in [0, 0.05) is 19.1 Å². The van der Waals surface area contributed by atoms with E-state index in [0.29, 0.717) is 25.6 Å². The first-order valence-corrected chi connectivity index (χ1v) is 8.49. The number of hydrogen-bond acceptors (Lipinski definition) is 3. The van der Waals surface area contributed by atoms with Crippen LogP contribution in [0.2, 0.25) is 0 Å². The Morgan fingerprint density at radius 2 is 1.90 bits per heavy atom. The number of nitrogens with one attached hydrogen (secondary N) is 1. The van der Waals surface area contributed by atoms with Crippen LogP contribution in [0.3, 0.4) is 0 Å². The van der Waals surface area contributed by atoms with Crippen molar-refractivity contribution in [1.82, 2.24) is 9.03 Å². The molecule has 1 fully saturated rings. The summed E-state index contributed by atoms with van der Waals surface area (Å²) < 4.78 is 29.0. The highest BCUT2D eigenvalue weighted by atomic mass is 32.2. The molecule has 0 bridgehead atoms. The number of piperidine rings is 1. The second-order valence-electron chi connectivity index (χ2n) is 5.33. The number of nitrogens with two attached hydrogens (primary N) is 1. The van der Waals surface area contributed by atoms with E-state index in [4.69, 9.17) is 5.73 Å². The fourth-order valence-electron chi connectivity index (χ4n) is 2.49. The summed E-state index contributed by atoms with van der Waals surface area (Å²) in [6.07, 6.45) is 1.69. The van der Waals surface area contributed by atoms with E-state index in [1.807, 2.05) is 37.3 Å². The van der Waals surface area contributed by atoms with Gasteiger partial charge in [0.25, 0.3) is 10.2 Å². The first-order valence-electron chi connectivity index (χ1n) is 7.05. The van der Waals surface area contributed by atoms with E-state index in [2.05, 4.69) is 4.72 Å². The van der Waals surface area contributed by atoms with Crippen LogP contribution in [0.15, 0.2) is 30.3 Å². The topological polar surface area (TPSA) is 75.4 Å². The quantitative estimate of drug-likeness (QED) is 0.859. The first kappa shape index (κ1) is 15.4. The zero-order chi connectivity index (χ0) is 14.6. The molecule has 3 N–H and O–H groups in total. The van der Waals surface area contributed by atoms with Crippen molar-refractivity contribution >= 4 is 10.2 Å². The molecule has 1 heterocycles. The molecule has 1 aliphatic heterocycles. The molecule has 1 aromatic rings. The van der Waals surface area contributed by atoms with E-state index in [1.54, 1.807) is 0 Å². The minimum atomic E-state index is -3.42. The summed E-state index contributed by atoms with van der Waals surface area (Å²) in [4.78, 5) is 0. The SMILES string of the molecule is CC(NS(=O)(=O)N1CCC(CN)CC1)c1ccccc1. The highest BCUT2D eigenvalue weighted by molar-refractivity contribution is 7.87. The molecule has 1 aromatic carbocycles. The molecule has 0 amide bonds. The van der Waals surface area contributed by atoms with Crippen LogP contribution in [-0.4, -0.2) is 32.4 Å². The Kier molecular flexibility index (Phi) is 5.15. The van der Waals surface area contributed by atoms with Crippen LogP contribution in [0.25, 0.3) is 0 Å². The summed E-state index contributed by atoms with van der Waals surface area (Å²) in [5, 5.41) is 0. The molecule has 5 nitrogen and oxygen atoms in total. The molecule has 0 saturated carbocycles. The van der Waals surface area contributed by atoms with E-state index >= 15 is 0 Å². The zero-order valence-corrected chi connectivity index (χ0v) is 12.6. The second kappa shape index (κ2) is 6.67. The van der Waals surface area contributed by atoms with E-state index in [0.717, 1.165) is 18.4 Å². The van der Waals surface area contributed by atoms with Crippen molar-refractivity contribution in [1.29, 1.82) is 0 Å².